The number of benzene rings is 1. The lowest BCUT2D eigenvalue weighted by Crippen LogP contribution is -2.39. The molecule has 2 heterocycles. The summed E-state index contributed by atoms with van der Waals surface area (Å²) in [5.41, 5.74) is 5.71. The number of aryl methyl sites for hydroxylation is 2. The molecule has 3 aromatic rings. The van der Waals surface area contributed by atoms with E-state index in [2.05, 4.69) is 58.3 Å². The Balaban J connectivity index is 0.00000300. The van der Waals surface area contributed by atoms with Crippen molar-refractivity contribution in [2.45, 2.75) is 26.7 Å². The smallest absolute Gasteiger partial charge is 0.190 e. The van der Waals surface area contributed by atoms with Gasteiger partial charge in [0.15, 0.2) is 5.96 Å². The monoisotopic (exact) mass is 507 g/mol. The lowest BCUT2D eigenvalue weighted by molar-refractivity contribution is 0.409. The minimum atomic E-state index is 0. The van der Waals surface area contributed by atoms with E-state index in [-0.39, 0.29) is 24.0 Å². The summed E-state index contributed by atoms with van der Waals surface area (Å²) in [5.74, 6) is 1.73. The largest absolute Gasteiger partial charge is 0.496 e. The predicted octanol–water partition coefficient (Wildman–Crippen LogP) is 3.53. The maximum atomic E-state index is 5.45. The molecular formula is C22H30IN5O. The summed E-state index contributed by atoms with van der Waals surface area (Å²) in [4.78, 5) is 9.02. The predicted molar refractivity (Wildman–Crippen MR) is 130 cm³/mol. The first-order valence-electron chi connectivity index (χ1n) is 9.62. The lowest BCUT2D eigenvalue weighted by atomic mass is 10.1. The Kier molecular flexibility index (Phi) is 8.75. The molecule has 0 saturated carbocycles. The number of fused-ring (bicyclic) bond motifs is 1. The van der Waals surface area contributed by atoms with Gasteiger partial charge in [-0.25, -0.2) is 4.98 Å². The average molecular weight is 507 g/mol. The number of pyridine rings is 1. The molecule has 0 aliphatic rings. The van der Waals surface area contributed by atoms with Gasteiger partial charge >= 0.3 is 0 Å². The number of halogens is 1. The Morgan fingerprint density at radius 2 is 1.90 bits per heavy atom. The summed E-state index contributed by atoms with van der Waals surface area (Å²) in [5, 5.41) is 6.73. The number of nitrogens with zero attached hydrogens (tertiary/aromatic N) is 3. The summed E-state index contributed by atoms with van der Waals surface area (Å²) in [6, 6.07) is 10.4. The number of rotatable bonds is 7. The van der Waals surface area contributed by atoms with E-state index in [1.165, 1.54) is 16.7 Å². The maximum absolute atomic E-state index is 5.45. The van der Waals surface area contributed by atoms with Crippen molar-refractivity contribution in [2.75, 3.05) is 27.2 Å². The lowest BCUT2D eigenvalue weighted by Gasteiger charge is -2.13. The van der Waals surface area contributed by atoms with E-state index in [9.17, 15) is 0 Å². The van der Waals surface area contributed by atoms with Crippen molar-refractivity contribution in [3.8, 4) is 5.75 Å². The maximum Gasteiger partial charge on any atom is 0.190 e. The van der Waals surface area contributed by atoms with Crippen molar-refractivity contribution in [3.63, 3.8) is 0 Å². The molecule has 3 rings (SSSR count). The second-order valence-electron chi connectivity index (χ2n) is 6.90. The van der Waals surface area contributed by atoms with Crippen molar-refractivity contribution < 1.29 is 4.74 Å². The molecule has 0 aliphatic carbocycles. The van der Waals surface area contributed by atoms with Crippen LogP contribution in [0.1, 0.15) is 22.4 Å². The first-order valence-corrected chi connectivity index (χ1v) is 9.62. The van der Waals surface area contributed by atoms with Gasteiger partial charge in [0.05, 0.1) is 12.8 Å². The molecule has 0 amide bonds. The van der Waals surface area contributed by atoms with Gasteiger partial charge in [0.25, 0.3) is 0 Å². The molecule has 1 aromatic carbocycles. The van der Waals surface area contributed by atoms with Gasteiger partial charge in [0.1, 0.15) is 11.4 Å². The number of imidazole rings is 1. The first kappa shape index (κ1) is 23.0. The Hall–Kier alpha value is -2.29. The van der Waals surface area contributed by atoms with Gasteiger partial charge in [-0.15, -0.1) is 24.0 Å². The molecule has 0 unspecified atom stereocenters. The van der Waals surface area contributed by atoms with Crippen LogP contribution < -0.4 is 15.4 Å². The van der Waals surface area contributed by atoms with Crippen LogP contribution in [0, 0.1) is 13.8 Å². The second-order valence-corrected chi connectivity index (χ2v) is 6.90. The topological polar surface area (TPSA) is 63.0 Å². The third-order valence-corrected chi connectivity index (χ3v) is 4.75. The highest BCUT2D eigenvalue weighted by Crippen LogP contribution is 2.19. The van der Waals surface area contributed by atoms with Crippen LogP contribution in [0.15, 0.2) is 47.7 Å². The van der Waals surface area contributed by atoms with Crippen LogP contribution in [-0.2, 0) is 12.8 Å². The van der Waals surface area contributed by atoms with E-state index < -0.39 is 0 Å². The van der Waals surface area contributed by atoms with Crippen LogP contribution in [-0.4, -0.2) is 42.6 Å². The molecule has 0 aliphatic heterocycles. The quantitative estimate of drug-likeness (QED) is 0.292. The average Bonchev–Trinajstić information content (AvgIpc) is 3.11. The molecule has 0 saturated heterocycles. The molecule has 2 N–H and O–H groups in total. The Bertz CT molecular complexity index is 967. The van der Waals surface area contributed by atoms with Crippen molar-refractivity contribution in [1.29, 1.82) is 0 Å². The number of aromatic nitrogens is 2. The number of aliphatic imine (C=N–C) groups is 1. The third kappa shape index (κ3) is 6.09. The molecule has 7 heteroatoms. The summed E-state index contributed by atoms with van der Waals surface area (Å²) >= 11 is 0. The SMILES string of the molecule is CN=C(NCCc1cn2cccc(C)c2n1)NCCc1cc(C)ccc1OC.I. The molecule has 0 atom stereocenters. The molecule has 156 valence electrons. The zero-order chi connectivity index (χ0) is 19.9. The highest BCUT2D eigenvalue weighted by Gasteiger charge is 2.06. The van der Waals surface area contributed by atoms with Gasteiger partial charge in [-0.3, -0.25) is 4.99 Å². The minimum Gasteiger partial charge on any atom is -0.496 e. The standard InChI is InChI=1S/C22H29N5O.HI/c1-16-7-8-20(28-4)18(14-16)9-11-24-22(23-3)25-12-10-19-15-27-13-5-6-17(2)21(27)26-19;/h5-8,13-15H,9-12H2,1-4H3,(H2,23,24,25);1H. The van der Waals surface area contributed by atoms with Crippen LogP contribution in [0.5, 0.6) is 5.75 Å². The van der Waals surface area contributed by atoms with Gasteiger partial charge in [-0.2, -0.15) is 0 Å². The molecule has 0 fully saturated rings. The Morgan fingerprint density at radius 1 is 1.14 bits per heavy atom. The normalized spacial score (nSPS) is 11.2. The van der Waals surface area contributed by atoms with Crippen LogP contribution in [0.4, 0.5) is 0 Å². The minimum absolute atomic E-state index is 0. The number of hydrogen-bond donors (Lipinski definition) is 2. The summed E-state index contributed by atoms with van der Waals surface area (Å²) in [7, 11) is 3.50. The van der Waals surface area contributed by atoms with Crippen LogP contribution in [0.3, 0.4) is 0 Å². The fourth-order valence-corrected chi connectivity index (χ4v) is 3.27. The van der Waals surface area contributed by atoms with Crippen molar-refractivity contribution in [3.05, 3.63) is 65.1 Å². The van der Waals surface area contributed by atoms with Gasteiger partial charge in [0.2, 0.25) is 0 Å². The number of hydrogen-bond acceptors (Lipinski definition) is 3. The summed E-state index contributed by atoms with van der Waals surface area (Å²) in [6.07, 6.45) is 5.83. The van der Waals surface area contributed by atoms with E-state index in [1.807, 2.05) is 18.3 Å². The third-order valence-electron chi connectivity index (χ3n) is 4.75. The van der Waals surface area contributed by atoms with E-state index >= 15 is 0 Å². The Morgan fingerprint density at radius 3 is 2.59 bits per heavy atom. The number of nitrogens with one attached hydrogen (secondary N) is 2. The van der Waals surface area contributed by atoms with E-state index in [0.717, 1.165) is 49.0 Å². The fourth-order valence-electron chi connectivity index (χ4n) is 3.27. The number of guanidine groups is 1. The van der Waals surface area contributed by atoms with Crippen molar-refractivity contribution >= 4 is 35.6 Å². The summed E-state index contributed by atoms with van der Waals surface area (Å²) < 4.78 is 7.53. The molecule has 29 heavy (non-hydrogen) atoms. The van der Waals surface area contributed by atoms with Crippen molar-refractivity contribution in [1.82, 2.24) is 20.0 Å². The highest BCUT2D eigenvalue weighted by atomic mass is 127. The van der Waals surface area contributed by atoms with Gasteiger partial charge in [0, 0.05) is 39.0 Å². The molecule has 2 aromatic heterocycles. The number of ether oxygens (including phenoxy) is 1. The van der Waals surface area contributed by atoms with Gasteiger partial charge < -0.3 is 19.8 Å². The molecule has 6 nitrogen and oxygen atoms in total. The van der Waals surface area contributed by atoms with Crippen LogP contribution in [0.25, 0.3) is 5.65 Å². The second kappa shape index (κ2) is 11.0. The fraction of sp³-hybridized carbons (Fsp3) is 0.364. The first-order chi connectivity index (χ1) is 13.6. The highest BCUT2D eigenvalue weighted by molar-refractivity contribution is 14.0. The van der Waals surface area contributed by atoms with Crippen LogP contribution >= 0.6 is 24.0 Å². The number of methoxy groups -OCH3 is 1. The van der Waals surface area contributed by atoms with Gasteiger partial charge in [-0.1, -0.05) is 23.8 Å². The van der Waals surface area contributed by atoms with Gasteiger partial charge in [-0.05, 0) is 43.5 Å². The van der Waals surface area contributed by atoms with E-state index in [1.54, 1.807) is 14.2 Å². The molecular weight excluding hydrogens is 477 g/mol. The van der Waals surface area contributed by atoms with Crippen molar-refractivity contribution in [2.24, 2.45) is 4.99 Å². The molecule has 0 radical (unpaired) electrons. The van der Waals surface area contributed by atoms with E-state index in [0.29, 0.717) is 0 Å². The van der Waals surface area contributed by atoms with Crippen LogP contribution in [0.2, 0.25) is 0 Å². The zero-order valence-electron chi connectivity index (χ0n) is 17.5. The molecule has 0 spiro atoms. The Labute approximate surface area is 189 Å². The zero-order valence-corrected chi connectivity index (χ0v) is 19.9. The summed E-state index contributed by atoms with van der Waals surface area (Å²) in [6.45, 7) is 5.74. The van der Waals surface area contributed by atoms with E-state index in [4.69, 9.17) is 9.72 Å². The molecule has 0 bridgehead atoms.